The van der Waals surface area contributed by atoms with Gasteiger partial charge in [-0.1, -0.05) is 0 Å². The Hall–Kier alpha value is -2.15. The van der Waals surface area contributed by atoms with E-state index in [1.165, 1.54) is 0 Å². The minimum atomic E-state index is -0.128. The van der Waals surface area contributed by atoms with Crippen molar-refractivity contribution in [2.75, 3.05) is 41.0 Å². The van der Waals surface area contributed by atoms with Gasteiger partial charge < -0.3 is 29.6 Å². The van der Waals surface area contributed by atoms with E-state index in [1.807, 2.05) is 19.1 Å². The van der Waals surface area contributed by atoms with Gasteiger partial charge in [0.1, 0.15) is 0 Å². The molecule has 146 valence electrons. The van der Waals surface area contributed by atoms with E-state index in [1.54, 1.807) is 21.3 Å². The zero-order valence-corrected chi connectivity index (χ0v) is 16.5. The summed E-state index contributed by atoms with van der Waals surface area (Å²) in [6.07, 6.45) is 2.16. The second kappa shape index (κ2) is 9.52. The average Bonchev–Trinajstić information content (AvgIpc) is 3.09. The summed E-state index contributed by atoms with van der Waals surface area (Å²) in [5, 5.41) is 6.65. The Morgan fingerprint density at radius 2 is 1.92 bits per heavy atom. The fourth-order valence-electron chi connectivity index (χ4n) is 3.04. The molecule has 7 heteroatoms. The molecule has 0 bridgehead atoms. The van der Waals surface area contributed by atoms with Crippen molar-refractivity contribution < 1.29 is 18.9 Å². The van der Waals surface area contributed by atoms with Gasteiger partial charge in [0.25, 0.3) is 0 Å². The maximum Gasteiger partial charge on any atom is 0.203 e. The van der Waals surface area contributed by atoms with Gasteiger partial charge in [0, 0.05) is 25.3 Å². The number of rotatable bonds is 8. The molecule has 1 fully saturated rings. The topological polar surface area (TPSA) is 73.3 Å². The number of methoxy groups -OCH3 is 3. The van der Waals surface area contributed by atoms with Crippen molar-refractivity contribution in [1.29, 1.82) is 0 Å². The van der Waals surface area contributed by atoms with Crippen molar-refractivity contribution in [2.45, 2.75) is 38.8 Å². The number of hydrogen-bond acceptors (Lipinski definition) is 5. The van der Waals surface area contributed by atoms with Crippen LogP contribution in [0.1, 0.15) is 32.3 Å². The highest BCUT2D eigenvalue weighted by atomic mass is 16.5. The third kappa shape index (κ3) is 4.94. The van der Waals surface area contributed by atoms with Crippen LogP contribution in [0.15, 0.2) is 17.1 Å². The van der Waals surface area contributed by atoms with E-state index in [-0.39, 0.29) is 5.60 Å². The molecule has 1 atom stereocenters. The Morgan fingerprint density at radius 1 is 1.15 bits per heavy atom. The molecule has 1 unspecified atom stereocenters. The minimum Gasteiger partial charge on any atom is -0.493 e. The van der Waals surface area contributed by atoms with Gasteiger partial charge in [-0.15, -0.1) is 0 Å². The predicted molar refractivity (Wildman–Crippen MR) is 103 cm³/mol. The maximum atomic E-state index is 5.83. The van der Waals surface area contributed by atoms with Gasteiger partial charge in [-0.25, -0.2) is 4.99 Å². The molecule has 2 N–H and O–H groups in total. The van der Waals surface area contributed by atoms with Crippen molar-refractivity contribution in [1.82, 2.24) is 10.6 Å². The van der Waals surface area contributed by atoms with Gasteiger partial charge in [-0.2, -0.15) is 0 Å². The lowest BCUT2D eigenvalue weighted by Crippen LogP contribution is -2.45. The summed E-state index contributed by atoms with van der Waals surface area (Å²) < 4.78 is 22.1. The number of ether oxygens (including phenoxy) is 4. The van der Waals surface area contributed by atoms with Crippen LogP contribution in [0.25, 0.3) is 0 Å². The van der Waals surface area contributed by atoms with Crippen LogP contribution in [-0.2, 0) is 11.3 Å². The van der Waals surface area contributed by atoms with Gasteiger partial charge in [-0.3, -0.25) is 0 Å². The molecule has 0 aliphatic carbocycles. The fraction of sp³-hybridized carbons (Fsp3) is 0.632. The second-order valence-electron chi connectivity index (χ2n) is 6.44. The Bertz CT molecular complexity index is 613. The van der Waals surface area contributed by atoms with Gasteiger partial charge in [0.15, 0.2) is 17.5 Å². The summed E-state index contributed by atoms with van der Waals surface area (Å²) in [6, 6.07) is 3.80. The van der Waals surface area contributed by atoms with Crippen LogP contribution >= 0.6 is 0 Å². The Labute approximate surface area is 156 Å². The van der Waals surface area contributed by atoms with E-state index in [9.17, 15) is 0 Å². The molecular formula is C19H31N3O4. The molecule has 1 aliphatic heterocycles. The van der Waals surface area contributed by atoms with Gasteiger partial charge in [0.2, 0.25) is 5.75 Å². The molecule has 0 aromatic heterocycles. The number of nitrogens with one attached hydrogen (secondary N) is 2. The van der Waals surface area contributed by atoms with Crippen LogP contribution < -0.4 is 24.8 Å². The molecule has 0 amide bonds. The molecule has 1 aromatic carbocycles. The van der Waals surface area contributed by atoms with E-state index < -0.39 is 0 Å². The first-order valence-corrected chi connectivity index (χ1v) is 9.01. The average molecular weight is 365 g/mol. The predicted octanol–water partition coefficient (Wildman–Crippen LogP) is 2.34. The molecular weight excluding hydrogens is 334 g/mol. The standard InChI is InChI=1S/C19H31N3O4/c1-6-20-18(22-13-19(2)10-7-11-26-19)21-12-14-8-9-15(23-3)17(25-5)16(14)24-4/h8-9H,6-7,10-13H2,1-5H3,(H2,20,21,22). The first-order chi connectivity index (χ1) is 12.6. The molecule has 0 spiro atoms. The van der Waals surface area contributed by atoms with Crippen molar-refractivity contribution in [3.63, 3.8) is 0 Å². The smallest absolute Gasteiger partial charge is 0.203 e. The van der Waals surface area contributed by atoms with E-state index in [0.717, 1.165) is 44.1 Å². The Balaban J connectivity index is 2.13. The minimum absolute atomic E-state index is 0.128. The fourth-order valence-corrected chi connectivity index (χ4v) is 3.04. The molecule has 26 heavy (non-hydrogen) atoms. The lowest BCUT2D eigenvalue weighted by Gasteiger charge is -2.24. The van der Waals surface area contributed by atoms with Gasteiger partial charge in [-0.05, 0) is 38.8 Å². The van der Waals surface area contributed by atoms with Crippen LogP contribution in [0, 0.1) is 0 Å². The summed E-state index contributed by atoms with van der Waals surface area (Å²) in [6.45, 7) is 6.97. The van der Waals surface area contributed by atoms with Crippen LogP contribution in [0.4, 0.5) is 0 Å². The lowest BCUT2D eigenvalue weighted by molar-refractivity contribution is 0.0243. The second-order valence-corrected chi connectivity index (χ2v) is 6.44. The molecule has 0 saturated carbocycles. The van der Waals surface area contributed by atoms with E-state index in [0.29, 0.717) is 23.8 Å². The largest absolute Gasteiger partial charge is 0.493 e. The highest BCUT2D eigenvalue weighted by Gasteiger charge is 2.29. The molecule has 1 aliphatic rings. The highest BCUT2D eigenvalue weighted by Crippen LogP contribution is 2.39. The summed E-state index contributed by atoms with van der Waals surface area (Å²) in [5.74, 6) is 2.60. The molecule has 0 radical (unpaired) electrons. The maximum absolute atomic E-state index is 5.83. The number of guanidine groups is 1. The molecule has 7 nitrogen and oxygen atoms in total. The molecule has 1 heterocycles. The number of benzene rings is 1. The third-order valence-electron chi connectivity index (χ3n) is 4.47. The van der Waals surface area contributed by atoms with Crippen molar-refractivity contribution >= 4 is 5.96 Å². The van der Waals surface area contributed by atoms with E-state index >= 15 is 0 Å². The summed E-state index contributed by atoms with van der Waals surface area (Å²) in [4.78, 5) is 4.68. The van der Waals surface area contributed by atoms with Crippen LogP contribution in [-0.4, -0.2) is 52.6 Å². The van der Waals surface area contributed by atoms with Crippen molar-refractivity contribution in [2.24, 2.45) is 4.99 Å². The zero-order chi connectivity index (χ0) is 19.0. The zero-order valence-electron chi connectivity index (χ0n) is 16.5. The van der Waals surface area contributed by atoms with Gasteiger partial charge >= 0.3 is 0 Å². The quantitative estimate of drug-likeness (QED) is 0.544. The van der Waals surface area contributed by atoms with Crippen molar-refractivity contribution in [3.05, 3.63) is 17.7 Å². The first-order valence-electron chi connectivity index (χ1n) is 9.01. The van der Waals surface area contributed by atoms with Crippen LogP contribution in [0.3, 0.4) is 0 Å². The van der Waals surface area contributed by atoms with Crippen molar-refractivity contribution in [3.8, 4) is 17.2 Å². The monoisotopic (exact) mass is 365 g/mol. The number of nitrogens with zero attached hydrogens (tertiary/aromatic N) is 1. The number of hydrogen-bond donors (Lipinski definition) is 2. The normalized spacial score (nSPS) is 20.0. The summed E-state index contributed by atoms with van der Waals surface area (Å²) >= 11 is 0. The highest BCUT2D eigenvalue weighted by molar-refractivity contribution is 5.79. The third-order valence-corrected chi connectivity index (χ3v) is 4.47. The van der Waals surface area contributed by atoms with E-state index in [4.69, 9.17) is 18.9 Å². The Kier molecular flexibility index (Phi) is 7.38. The SMILES string of the molecule is CCNC(=NCc1ccc(OC)c(OC)c1OC)NCC1(C)CCCO1. The summed E-state index contributed by atoms with van der Waals surface area (Å²) in [7, 11) is 4.82. The van der Waals surface area contributed by atoms with E-state index in [2.05, 4.69) is 22.5 Å². The van der Waals surface area contributed by atoms with Crippen LogP contribution in [0.2, 0.25) is 0 Å². The Morgan fingerprint density at radius 3 is 2.50 bits per heavy atom. The number of aliphatic imine (C=N–C) groups is 1. The molecule has 1 aromatic rings. The molecule has 1 saturated heterocycles. The first kappa shape index (κ1) is 20.2. The molecule has 2 rings (SSSR count). The van der Waals surface area contributed by atoms with Gasteiger partial charge in [0.05, 0.1) is 33.5 Å². The summed E-state index contributed by atoms with van der Waals surface area (Å²) in [5.41, 5.74) is 0.794. The lowest BCUT2D eigenvalue weighted by atomic mass is 10.0. The van der Waals surface area contributed by atoms with Crippen LogP contribution in [0.5, 0.6) is 17.2 Å².